The van der Waals surface area contributed by atoms with Gasteiger partial charge >= 0.3 is 0 Å². The molecule has 0 radical (unpaired) electrons. The van der Waals surface area contributed by atoms with Crippen LogP contribution in [-0.2, 0) is 4.79 Å². The van der Waals surface area contributed by atoms with Crippen molar-refractivity contribution >= 4 is 44.0 Å². The highest BCUT2D eigenvalue weighted by Crippen LogP contribution is 2.34. The minimum atomic E-state index is -0.436. The van der Waals surface area contributed by atoms with Gasteiger partial charge in [-0.25, -0.2) is 9.82 Å². The van der Waals surface area contributed by atoms with Crippen LogP contribution in [0.25, 0.3) is 0 Å². The molecule has 0 atom stereocenters. The Bertz CT molecular complexity index is 788. The van der Waals surface area contributed by atoms with Crippen LogP contribution in [0, 0.1) is 5.82 Å². The van der Waals surface area contributed by atoms with E-state index in [0.29, 0.717) is 18.1 Å². The van der Waals surface area contributed by atoms with Gasteiger partial charge in [-0.3, -0.25) is 4.79 Å². The lowest BCUT2D eigenvalue weighted by molar-refractivity contribution is -0.123. The summed E-state index contributed by atoms with van der Waals surface area (Å²) in [5.74, 6) is 0.242. The topological polar surface area (TPSA) is 59.9 Å². The van der Waals surface area contributed by atoms with Crippen molar-refractivity contribution in [1.29, 1.82) is 0 Å². The van der Waals surface area contributed by atoms with Gasteiger partial charge in [0.05, 0.1) is 15.2 Å². The summed E-state index contributed by atoms with van der Waals surface area (Å²) in [7, 11) is 0. The highest BCUT2D eigenvalue weighted by Gasteiger charge is 2.08. The van der Waals surface area contributed by atoms with Gasteiger partial charge in [-0.1, -0.05) is 12.7 Å². The molecule has 0 saturated heterocycles. The number of amides is 1. The second-order valence-corrected chi connectivity index (χ2v) is 6.66. The molecule has 26 heavy (non-hydrogen) atoms. The molecule has 2 aromatic carbocycles. The molecule has 2 aromatic rings. The van der Waals surface area contributed by atoms with Gasteiger partial charge in [0.15, 0.2) is 6.61 Å². The van der Waals surface area contributed by atoms with Gasteiger partial charge in [-0.2, -0.15) is 5.10 Å². The Labute approximate surface area is 167 Å². The first-order valence-electron chi connectivity index (χ1n) is 7.42. The molecule has 136 valence electrons. The van der Waals surface area contributed by atoms with Crippen LogP contribution in [0.4, 0.5) is 4.39 Å². The molecular formula is C18H15Br2FN2O3. The first-order chi connectivity index (χ1) is 12.5. The molecule has 0 heterocycles. The van der Waals surface area contributed by atoms with Crippen molar-refractivity contribution in [3.8, 4) is 11.5 Å². The van der Waals surface area contributed by atoms with Gasteiger partial charge in [-0.15, -0.1) is 0 Å². The van der Waals surface area contributed by atoms with Crippen molar-refractivity contribution in [2.24, 2.45) is 5.10 Å². The summed E-state index contributed by atoms with van der Waals surface area (Å²) in [5, 5.41) is 3.88. The van der Waals surface area contributed by atoms with E-state index in [-0.39, 0.29) is 12.4 Å². The SMILES string of the molecule is C=CCOc1c(Br)cc(/C=N\NC(=O)COc2ccc(F)cc2)cc1Br. The average molecular weight is 486 g/mol. The first-order valence-corrected chi connectivity index (χ1v) is 9.01. The molecule has 0 bridgehead atoms. The van der Waals surface area contributed by atoms with Crippen molar-refractivity contribution in [2.45, 2.75) is 0 Å². The van der Waals surface area contributed by atoms with Gasteiger partial charge in [0.25, 0.3) is 5.91 Å². The summed E-state index contributed by atoms with van der Waals surface area (Å²) in [6, 6.07) is 8.99. The zero-order valence-electron chi connectivity index (χ0n) is 13.5. The minimum absolute atomic E-state index is 0.231. The quantitative estimate of drug-likeness (QED) is 0.341. The first kappa shape index (κ1) is 20.1. The fourth-order valence-electron chi connectivity index (χ4n) is 1.82. The summed E-state index contributed by atoms with van der Waals surface area (Å²) in [6.07, 6.45) is 3.14. The zero-order valence-corrected chi connectivity index (χ0v) is 16.7. The van der Waals surface area contributed by atoms with Crippen LogP contribution in [0.1, 0.15) is 5.56 Å². The molecule has 0 aromatic heterocycles. The molecule has 0 fully saturated rings. The normalized spacial score (nSPS) is 10.6. The molecular weight excluding hydrogens is 471 g/mol. The monoisotopic (exact) mass is 484 g/mol. The van der Waals surface area contributed by atoms with E-state index in [0.717, 1.165) is 14.5 Å². The molecule has 5 nitrogen and oxygen atoms in total. The Hall–Kier alpha value is -2.19. The van der Waals surface area contributed by atoms with E-state index in [9.17, 15) is 9.18 Å². The van der Waals surface area contributed by atoms with Crippen LogP contribution in [0.3, 0.4) is 0 Å². The third-order valence-electron chi connectivity index (χ3n) is 2.95. The maximum atomic E-state index is 12.8. The van der Waals surface area contributed by atoms with Gasteiger partial charge in [0.1, 0.15) is 23.9 Å². The molecule has 1 amide bonds. The number of nitrogens with one attached hydrogen (secondary N) is 1. The summed E-state index contributed by atoms with van der Waals surface area (Å²) in [5.41, 5.74) is 3.10. The van der Waals surface area contributed by atoms with Crippen LogP contribution in [0.5, 0.6) is 11.5 Å². The van der Waals surface area contributed by atoms with Crippen LogP contribution in [0.2, 0.25) is 0 Å². The fraction of sp³-hybridized carbons (Fsp3) is 0.111. The predicted octanol–water partition coefficient (Wildman–Crippen LogP) is 4.44. The van der Waals surface area contributed by atoms with Crippen LogP contribution >= 0.6 is 31.9 Å². The molecule has 0 saturated carbocycles. The van der Waals surface area contributed by atoms with E-state index in [1.165, 1.54) is 30.5 Å². The number of rotatable bonds is 8. The van der Waals surface area contributed by atoms with Crippen molar-refractivity contribution in [1.82, 2.24) is 5.43 Å². The largest absolute Gasteiger partial charge is 0.487 e. The molecule has 1 N–H and O–H groups in total. The molecule has 0 aliphatic carbocycles. The third-order valence-corrected chi connectivity index (χ3v) is 4.13. The van der Waals surface area contributed by atoms with Crippen LogP contribution in [-0.4, -0.2) is 25.3 Å². The molecule has 0 aliphatic heterocycles. The Balaban J connectivity index is 1.88. The van der Waals surface area contributed by atoms with Crippen molar-refractivity contribution in [2.75, 3.05) is 13.2 Å². The number of hydrogen-bond donors (Lipinski definition) is 1. The number of carbonyl (C=O) groups is 1. The number of hydrazone groups is 1. The maximum Gasteiger partial charge on any atom is 0.277 e. The lowest BCUT2D eigenvalue weighted by Crippen LogP contribution is -2.24. The molecule has 8 heteroatoms. The van der Waals surface area contributed by atoms with Gasteiger partial charge < -0.3 is 9.47 Å². The van der Waals surface area contributed by atoms with Gasteiger partial charge in [0.2, 0.25) is 0 Å². The number of nitrogens with zero attached hydrogens (tertiary/aromatic N) is 1. The summed E-state index contributed by atoms with van der Waals surface area (Å²) < 4.78 is 25.0. The van der Waals surface area contributed by atoms with Crippen LogP contribution < -0.4 is 14.9 Å². The highest BCUT2D eigenvalue weighted by molar-refractivity contribution is 9.11. The van der Waals surface area contributed by atoms with Crippen LogP contribution in [0.15, 0.2) is 63.1 Å². The number of ether oxygens (including phenoxy) is 2. The Morgan fingerprint density at radius 2 is 1.85 bits per heavy atom. The molecule has 0 unspecified atom stereocenters. The van der Waals surface area contributed by atoms with Crippen molar-refractivity contribution in [3.63, 3.8) is 0 Å². The number of hydrogen-bond acceptors (Lipinski definition) is 4. The summed E-state index contributed by atoms with van der Waals surface area (Å²) in [4.78, 5) is 11.7. The number of benzene rings is 2. The lowest BCUT2D eigenvalue weighted by Gasteiger charge is -2.09. The lowest BCUT2D eigenvalue weighted by atomic mass is 10.2. The van der Waals surface area contributed by atoms with E-state index in [1.807, 2.05) is 0 Å². The number of carbonyl (C=O) groups excluding carboxylic acids is 1. The second-order valence-electron chi connectivity index (χ2n) is 4.95. The standard InChI is InChI=1S/C18H15Br2FN2O3/c1-2-7-25-18-15(19)8-12(9-16(18)20)10-22-23-17(24)11-26-14-5-3-13(21)4-6-14/h2-6,8-10H,1,7,11H2,(H,23,24)/b22-10-. The van der Waals surface area contributed by atoms with Crippen molar-refractivity contribution < 1.29 is 18.7 Å². The third kappa shape index (κ3) is 6.27. The molecule has 2 rings (SSSR count). The minimum Gasteiger partial charge on any atom is -0.487 e. The summed E-state index contributed by atoms with van der Waals surface area (Å²) >= 11 is 6.84. The molecule has 0 aliphatic rings. The highest BCUT2D eigenvalue weighted by atomic mass is 79.9. The Morgan fingerprint density at radius 1 is 1.19 bits per heavy atom. The predicted molar refractivity (Wildman–Crippen MR) is 105 cm³/mol. The van der Waals surface area contributed by atoms with E-state index < -0.39 is 5.91 Å². The maximum absolute atomic E-state index is 12.8. The van der Waals surface area contributed by atoms with E-state index in [4.69, 9.17) is 9.47 Å². The number of halogens is 3. The van der Waals surface area contributed by atoms with Crippen molar-refractivity contribution in [3.05, 3.63) is 69.4 Å². The van der Waals surface area contributed by atoms with E-state index >= 15 is 0 Å². The van der Waals surface area contributed by atoms with E-state index in [1.54, 1.807) is 18.2 Å². The smallest absolute Gasteiger partial charge is 0.277 e. The van der Waals surface area contributed by atoms with Gasteiger partial charge in [-0.05, 0) is 73.8 Å². The van der Waals surface area contributed by atoms with E-state index in [2.05, 4.69) is 49.0 Å². The Kier molecular flexibility index (Phi) is 7.80. The zero-order chi connectivity index (χ0) is 18.9. The average Bonchev–Trinajstić information content (AvgIpc) is 2.60. The fourth-order valence-corrected chi connectivity index (χ4v) is 3.28. The molecule has 0 spiro atoms. The van der Waals surface area contributed by atoms with Gasteiger partial charge in [0, 0.05) is 0 Å². The second kappa shape index (κ2) is 10.1. The Morgan fingerprint density at radius 3 is 2.46 bits per heavy atom. The summed E-state index contributed by atoms with van der Waals surface area (Å²) in [6.45, 7) is 3.76.